The summed E-state index contributed by atoms with van der Waals surface area (Å²) in [5, 5.41) is 24.6. The van der Waals surface area contributed by atoms with Crippen molar-refractivity contribution >= 4 is 38.6 Å². The van der Waals surface area contributed by atoms with Crippen LogP contribution in [0.4, 0.5) is 0 Å². The Morgan fingerprint density at radius 1 is 1.12 bits per heavy atom. The van der Waals surface area contributed by atoms with Crippen molar-refractivity contribution < 1.29 is 19.8 Å². The lowest BCUT2D eigenvalue weighted by atomic mass is 9.94. The van der Waals surface area contributed by atoms with Gasteiger partial charge in [-0.25, -0.2) is 0 Å². The molecule has 4 atom stereocenters. The first-order valence-electron chi connectivity index (χ1n) is 11.1. The van der Waals surface area contributed by atoms with Crippen molar-refractivity contribution in [3.63, 3.8) is 0 Å². The van der Waals surface area contributed by atoms with Gasteiger partial charge in [-0.1, -0.05) is 46.3 Å². The molecule has 174 valence electrons. The second kappa shape index (κ2) is 10.1. The first-order chi connectivity index (χ1) is 15.8. The molecule has 4 N–H and O–H groups in total. The maximum Gasteiger partial charge on any atom is 0.254 e. The highest BCUT2D eigenvalue weighted by molar-refractivity contribution is 9.10. The summed E-state index contributed by atoms with van der Waals surface area (Å²) < 4.78 is 0.915. The summed E-state index contributed by atoms with van der Waals surface area (Å²) in [7, 11) is 0. The van der Waals surface area contributed by atoms with Crippen LogP contribution in [0.25, 0.3) is 10.9 Å². The molecule has 33 heavy (non-hydrogen) atoms. The minimum atomic E-state index is -1.84. The van der Waals surface area contributed by atoms with Crippen LogP contribution >= 0.6 is 15.9 Å². The first kappa shape index (κ1) is 23.5. The van der Waals surface area contributed by atoms with E-state index < -0.39 is 24.0 Å². The summed E-state index contributed by atoms with van der Waals surface area (Å²) in [5.74, 6) is -1.31. The molecule has 2 aromatic carbocycles. The highest BCUT2D eigenvalue weighted by Gasteiger charge is 2.36. The Morgan fingerprint density at radius 2 is 1.85 bits per heavy atom. The summed E-state index contributed by atoms with van der Waals surface area (Å²) >= 11 is 3.36. The third-order valence-electron chi connectivity index (χ3n) is 6.27. The topological polar surface area (TPSA) is 106 Å². The maximum atomic E-state index is 12.9. The number of nitrogens with zero attached hydrogens (tertiary/aromatic N) is 1. The molecule has 3 aromatic rings. The van der Waals surface area contributed by atoms with Crippen LogP contribution < -0.4 is 5.32 Å². The number of likely N-dealkylation sites (tertiary alicyclic amines) is 1. The fourth-order valence-corrected chi connectivity index (χ4v) is 4.61. The molecule has 0 aliphatic carbocycles. The number of aliphatic hydroxyl groups is 2. The molecule has 4 rings (SSSR count). The van der Waals surface area contributed by atoms with Gasteiger partial charge in [0.2, 0.25) is 0 Å². The molecule has 1 saturated heterocycles. The molecule has 1 aliphatic heterocycles. The molecule has 0 spiro atoms. The lowest BCUT2D eigenvalue weighted by molar-refractivity contribution is -0.154. The van der Waals surface area contributed by atoms with Gasteiger partial charge in [-0.15, -0.1) is 0 Å². The van der Waals surface area contributed by atoms with Gasteiger partial charge in [0.25, 0.3) is 11.8 Å². The van der Waals surface area contributed by atoms with Crippen LogP contribution in [0.3, 0.4) is 0 Å². The lowest BCUT2D eigenvalue weighted by Gasteiger charge is -2.34. The van der Waals surface area contributed by atoms with E-state index in [0.29, 0.717) is 13.1 Å². The number of benzene rings is 2. The van der Waals surface area contributed by atoms with Crippen molar-refractivity contribution in [3.8, 4) is 0 Å². The number of piperidine rings is 1. The number of hydrogen-bond donors (Lipinski definition) is 4. The van der Waals surface area contributed by atoms with Gasteiger partial charge in [-0.3, -0.25) is 9.59 Å². The van der Waals surface area contributed by atoms with Crippen molar-refractivity contribution in [2.45, 2.75) is 43.9 Å². The second-order valence-electron chi connectivity index (χ2n) is 8.61. The molecule has 7 nitrogen and oxygen atoms in total. The van der Waals surface area contributed by atoms with E-state index in [4.69, 9.17) is 0 Å². The average molecular weight is 514 g/mol. The van der Waals surface area contributed by atoms with Gasteiger partial charge in [0.05, 0.1) is 6.04 Å². The van der Waals surface area contributed by atoms with E-state index in [2.05, 4.69) is 32.3 Å². The number of amides is 2. The predicted octanol–water partition coefficient (Wildman–Crippen LogP) is 3.24. The highest BCUT2D eigenvalue weighted by atomic mass is 79.9. The summed E-state index contributed by atoms with van der Waals surface area (Å²) in [6, 6.07) is 17.1. The number of rotatable bonds is 6. The number of para-hydroxylation sites is 1. The average Bonchev–Trinajstić information content (AvgIpc) is 3.27. The molecule has 2 amide bonds. The van der Waals surface area contributed by atoms with Crippen LogP contribution in [0.15, 0.2) is 59.1 Å². The van der Waals surface area contributed by atoms with Crippen LogP contribution in [0.5, 0.6) is 0 Å². The zero-order chi connectivity index (χ0) is 23.5. The van der Waals surface area contributed by atoms with Crippen molar-refractivity contribution in [2.75, 3.05) is 13.1 Å². The van der Waals surface area contributed by atoms with E-state index in [0.717, 1.165) is 39.5 Å². The minimum Gasteiger partial charge on any atom is -0.380 e. The normalized spacial score (nSPS) is 19.2. The Bertz CT molecular complexity index is 1100. The molecular weight excluding hydrogens is 486 g/mol. The SMILES string of the molecule is CC(NC(=O)[C@H](O)[C@@H](O)C(=O)N1CCCC(c2cc3ccccc3[nH]2)C1)c1ccc(Br)cc1. The van der Waals surface area contributed by atoms with Crippen molar-refractivity contribution in [3.05, 3.63) is 70.3 Å². The highest BCUT2D eigenvalue weighted by Crippen LogP contribution is 2.29. The third kappa shape index (κ3) is 5.29. The first-order valence-corrected chi connectivity index (χ1v) is 11.9. The molecule has 0 radical (unpaired) electrons. The van der Waals surface area contributed by atoms with Gasteiger partial charge in [0.1, 0.15) is 0 Å². The monoisotopic (exact) mass is 513 g/mol. The Morgan fingerprint density at radius 3 is 2.58 bits per heavy atom. The molecule has 0 saturated carbocycles. The van der Waals surface area contributed by atoms with Gasteiger partial charge in [-0.2, -0.15) is 0 Å². The van der Waals surface area contributed by atoms with E-state index >= 15 is 0 Å². The number of nitrogens with one attached hydrogen (secondary N) is 2. The van der Waals surface area contributed by atoms with Gasteiger partial charge < -0.3 is 25.4 Å². The molecule has 0 bridgehead atoms. The third-order valence-corrected chi connectivity index (χ3v) is 6.80. The zero-order valence-corrected chi connectivity index (χ0v) is 20.0. The number of fused-ring (bicyclic) bond motifs is 1. The van der Waals surface area contributed by atoms with Gasteiger partial charge in [0.15, 0.2) is 12.2 Å². The number of carbonyl (C=O) groups is 2. The van der Waals surface area contributed by atoms with Crippen LogP contribution in [0, 0.1) is 0 Å². The van der Waals surface area contributed by atoms with E-state index in [1.807, 2.05) is 48.5 Å². The molecule has 1 aliphatic rings. The number of aliphatic hydroxyl groups excluding tert-OH is 2. The van der Waals surface area contributed by atoms with E-state index in [1.54, 1.807) is 11.8 Å². The van der Waals surface area contributed by atoms with Crippen LogP contribution in [-0.2, 0) is 9.59 Å². The Labute approximate surface area is 200 Å². The van der Waals surface area contributed by atoms with Crippen LogP contribution in [-0.4, -0.2) is 57.2 Å². The summed E-state index contributed by atoms with van der Waals surface area (Å²) in [6.07, 6.45) is -1.96. The number of carbonyl (C=O) groups excluding carboxylic acids is 2. The van der Waals surface area contributed by atoms with E-state index in [-0.39, 0.29) is 12.0 Å². The predicted molar refractivity (Wildman–Crippen MR) is 130 cm³/mol. The Kier molecular flexibility index (Phi) is 7.17. The van der Waals surface area contributed by atoms with Crippen molar-refractivity contribution in [2.24, 2.45) is 0 Å². The zero-order valence-electron chi connectivity index (χ0n) is 18.4. The quantitative estimate of drug-likeness (QED) is 0.406. The van der Waals surface area contributed by atoms with E-state index in [1.165, 1.54) is 0 Å². The fraction of sp³-hybridized carbons (Fsp3) is 0.360. The Balaban J connectivity index is 1.37. The molecule has 2 heterocycles. The standard InChI is InChI=1S/C25H28BrN3O4/c1-15(16-8-10-19(26)11-9-16)27-24(32)22(30)23(31)25(33)29-12-4-6-18(14-29)21-13-17-5-2-3-7-20(17)28-21/h2-3,5,7-11,13,15,18,22-23,28,30-31H,4,6,12,14H2,1H3,(H,27,32)/t15?,18?,22-,23-/m1/s1. The van der Waals surface area contributed by atoms with Gasteiger partial charge >= 0.3 is 0 Å². The largest absolute Gasteiger partial charge is 0.380 e. The van der Waals surface area contributed by atoms with Crippen molar-refractivity contribution in [1.82, 2.24) is 15.2 Å². The number of H-pyrrole nitrogens is 1. The summed E-state index contributed by atoms with van der Waals surface area (Å²) in [6.45, 7) is 2.68. The molecular formula is C25H28BrN3O4. The van der Waals surface area contributed by atoms with Gasteiger partial charge in [-0.05, 0) is 55.0 Å². The Hall–Kier alpha value is -2.68. The number of hydrogen-bond acceptors (Lipinski definition) is 4. The summed E-state index contributed by atoms with van der Waals surface area (Å²) in [4.78, 5) is 30.4. The number of aromatic nitrogens is 1. The second-order valence-corrected chi connectivity index (χ2v) is 9.52. The molecule has 8 heteroatoms. The molecule has 1 aromatic heterocycles. The number of aromatic amines is 1. The maximum absolute atomic E-state index is 12.9. The van der Waals surface area contributed by atoms with Crippen LogP contribution in [0.1, 0.15) is 43.0 Å². The van der Waals surface area contributed by atoms with Crippen molar-refractivity contribution in [1.29, 1.82) is 0 Å². The molecule has 2 unspecified atom stereocenters. The number of halogens is 1. The fourth-order valence-electron chi connectivity index (χ4n) is 4.35. The molecule has 1 fully saturated rings. The van der Waals surface area contributed by atoms with Crippen LogP contribution in [0.2, 0.25) is 0 Å². The van der Waals surface area contributed by atoms with Gasteiger partial charge in [0, 0.05) is 34.7 Å². The minimum absolute atomic E-state index is 0.102. The smallest absolute Gasteiger partial charge is 0.254 e. The summed E-state index contributed by atoms with van der Waals surface area (Å²) in [5.41, 5.74) is 2.93. The van der Waals surface area contributed by atoms with E-state index in [9.17, 15) is 19.8 Å². The lowest BCUT2D eigenvalue weighted by Crippen LogP contribution is -2.52.